The van der Waals surface area contributed by atoms with Crippen molar-refractivity contribution in [2.45, 2.75) is 24.9 Å². The number of nitrogens with zero attached hydrogens (tertiary/aromatic N) is 2. The molecule has 35 heavy (non-hydrogen) atoms. The number of anilines is 1. The van der Waals surface area contributed by atoms with Gasteiger partial charge in [0, 0.05) is 36.2 Å². The van der Waals surface area contributed by atoms with Gasteiger partial charge in [0.15, 0.2) is 0 Å². The predicted octanol–water partition coefficient (Wildman–Crippen LogP) is 4.63. The Morgan fingerprint density at radius 3 is 2.60 bits per heavy atom. The van der Waals surface area contributed by atoms with E-state index in [1.54, 1.807) is 12.3 Å². The number of ether oxygens (including phenoxy) is 3. The van der Waals surface area contributed by atoms with Crippen molar-refractivity contribution in [3.63, 3.8) is 0 Å². The minimum Gasteiger partial charge on any atom is -0.495 e. The van der Waals surface area contributed by atoms with Crippen LogP contribution in [0.1, 0.15) is 12.8 Å². The summed E-state index contributed by atoms with van der Waals surface area (Å²) in [7, 11) is 3.07. The lowest BCUT2D eigenvalue weighted by Gasteiger charge is -2.32. The molecule has 1 aromatic heterocycles. The number of carbonyl (C=O) groups excluding carboxylic acids is 1. The largest absolute Gasteiger partial charge is 0.495 e. The molecule has 0 bridgehead atoms. The van der Waals surface area contributed by atoms with Crippen molar-refractivity contribution in [3.8, 4) is 22.6 Å². The highest BCUT2D eigenvalue weighted by atomic mass is 35.5. The molecule has 2 atom stereocenters. The Labute approximate surface area is 219 Å². The molecule has 2 aromatic carbocycles. The summed E-state index contributed by atoms with van der Waals surface area (Å²) in [6.45, 7) is 1.03. The van der Waals surface area contributed by atoms with Gasteiger partial charge in [-0.25, -0.2) is 9.97 Å². The maximum absolute atomic E-state index is 12.1. The van der Waals surface area contributed by atoms with E-state index in [-0.39, 0.29) is 18.0 Å². The van der Waals surface area contributed by atoms with Crippen LogP contribution in [0.3, 0.4) is 0 Å². The fourth-order valence-corrected chi connectivity index (χ4v) is 4.92. The number of halogens is 2. The molecule has 0 saturated carbocycles. The van der Waals surface area contributed by atoms with Gasteiger partial charge in [-0.05, 0) is 29.9 Å². The molecule has 0 spiro atoms. The second kappa shape index (κ2) is 11.5. The number of thiol groups is 1. The summed E-state index contributed by atoms with van der Waals surface area (Å²) in [6, 6.07) is 7.10. The van der Waals surface area contributed by atoms with E-state index in [0.29, 0.717) is 64.9 Å². The lowest BCUT2D eigenvalue weighted by Crippen LogP contribution is -2.52. The maximum Gasteiger partial charge on any atom is 0.223 e. The Balaban J connectivity index is 1.60. The average molecular weight is 537 g/mol. The first kappa shape index (κ1) is 25.6. The number of amides is 1. The zero-order valence-corrected chi connectivity index (χ0v) is 21.7. The number of methoxy groups -OCH3 is 2. The van der Waals surface area contributed by atoms with Gasteiger partial charge in [-0.2, -0.15) is 12.6 Å². The molecule has 1 aliphatic heterocycles. The third-order valence-corrected chi connectivity index (χ3v) is 6.77. The van der Waals surface area contributed by atoms with Gasteiger partial charge in [0.1, 0.15) is 11.5 Å². The second-order valence-electron chi connectivity index (χ2n) is 8.01. The lowest BCUT2D eigenvalue weighted by atomic mass is 10.0. The summed E-state index contributed by atoms with van der Waals surface area (Å²) in [4.78, 5) is 21.2. The van der Waals surface area contributed by atoms with Gasteiger partial charge in [-0.3, -0.25) is 4.79 Å². The first-order valence-corrected chi connectivity index (χ1v) is 12.5. The van der Waals surface area contributed by atoms with E-state index in [9.17, 15) is 4.79 Å². The average Bonchev–Trinajstić information content (AvgIpc) is 2.85. The summed E-state index contributed by atoms with van der Waals surface area (Å²) in [6.07, 6.45) is 2.80. The van der Waals surface area contributed by atoms with Crippen LogP contribution < -0.4 is 20.1 Å². The van der Waals surface area contributed by atoms with Crippen LogP contribution >= 0.6 is 35.8 Å². The van der Waals surface area contributed by atoms with Crippen molar-refractivity contribution in [3.05, 3.63) is 40.5 Å². The summed E-state index contributed by atoms with van der Waals surface area (Å²) < 4.78 is 16.4. The van der Waals surface area contributed by atoms with Crippen molar-refractivity contribution in [1.29, 1.82) is 0 Å². The minimum absolute atomic E-state index is 0.0304. The van der Waals surface area contributed by atoms with Gasteiger partial charge in [0.25, 0.3) is 0 Å². The van der Waals surface area contributed by atoms with Crippen LogP contribution in [0.4, 0.5) is 5.95 Å². The highest BCUT2D eigenvalue weighted by Gasteiger charge is 2.28. The number of hydrogen-bond acceptors (Lipinski definition) is 8. The third-order valence-electron chi connectivity index (χ3n) is 5.80. The highest BCUT2D eigenvalue weighted by molar-refractivity contribution is 7.80. The zero-order chi connectivity index (χ0) is 24.9. The normalized spacial score (nSPS) is 17.7. The Morgan fingerprint density at radius 1 is 1.17 bits per heavy atom. The van der Waals surface area contributed by atoms with E-state index in [2.05, 4.69) is 33.2 Å². The molecular weight excluding hydrogens is 511 g/mol. The topological polar surface area (TPSA) is 94.6 Å². The Morgan fingerprint density at radius 2 is 1.91 bits per heavy atom. The van der Waals surface area contributed by atoms with E-state index in [1.807, 2.05) is 18.2 Å². The number of carbonyl (C=O) groups is 1. The molecule has 0 aliphatic carbocycles. The molecular formula is C24H26Cl2N4O4S. The molecule has 2 N–H and O–H groups in total. The smallest absolute Gasteiger partial charge is 0.223 e. The van der Waals surface area contributed by atoms with Crippen molar-refractivity contribution in [2.75, 3.05) is 38.5 Å². The molecule has 1 fully saturated rings. The van der Waals surface area contributed by atoms with Gasteiger partial charge < -0.3 is 24.8 Å². The standard InChI is InChI=1S/C24H26Cl2N4O4S/c1-32-18-10-19(33-2)23(26)21(22(18)25)13-3-4-15-14(9-13)11-27-24(29-15)30-17-12-34-7-5-16(17)28-20(31)6-8-35/h3-4,9-11,16-17,35H,5-8,12H2,1-2H3,(H,28,31)(H,27,29,30)/t16-,17+/m0/s1. The Hall–Kier alpha value is -2.46. The summed E-state index contributed by atoms with van der Waals surface area (Å²) >= 11 is 17.3. The maximum atomic E-state index is 12.1. The lowest BCUT2D eigenvalue weighted by molar-refractivity contribution is -0.122. The molecule has 2 heterocycles. The Kier molecular flexibility index (Phi) is 8.43. The van der Waals surface area contributed by atoms with E-state index in [0.717, 1.165) is 16.5 Å². The van der Waals surface area contributed by atoms with Crippen LogP contribution in [-0.2, 0) is 9.53 Å². The molecule has 0 radical (unpaired) electrons. The molecule has 11 heteroatoms. The number of nitrogens with one attached hydrogen (secondary N) is 2. The van der Waals surface area contributed by atoms with Crippen LogP contribution in [0, 0.1) is 0 Å². The van der Waals surface area contributed by atoms with Crippen LogP contribution in [0.15, 0.2) is 30.5 Å². The van der Waals surface area contributed by atoms with Gasteiger partial charge in [0.05, 0.1) is 48.5 Å². The summed E-state index contributed by atoms with van der Waals surface area (Å²) in [5, 5.41) is 7.94. The minimum atomic E-state index is -0.147. The van der Waals surface area contributed by atoms with Gasteiger partial charge in [-0.1, -0.05) is 29.3 Å². The molecule has 186 valence electrons. The number of hydrogen-bond donors (Lipinski definition) is 3. The molecule has 3 aromatic rings. The molecule has 1 aliphatic rings. The van der Waals surface area contributed by atoms with Crippen LogP contribution in [-0.4, -0.2) is 61.1 Å². The van der Waals surface area contributed by atoms with Gasteiger partial charge in [-0.15, -0.1) is 0 Å². The van der Waals surface area contributed by atoms with Crippen molar-refractivity contribution in [1.82, 2.24) is 15.3 Å². The molecule has 0 unspecified atom stereocenters. The number of benzene rings is 2. The van der Waals surface area contributed by atoms with Crippen LogP contribution in [0.25, 0.3) is 22.0 Å². The van der Waals surface area contributed by atoms with Crippen molar-refractivity contribution >= 4 is 58.6 Å². The monoisotopic (exact) mass is 536 g/mol. The SMILES string of the molecule is COc1cc(OC)c(Cl)c(-c2ccc3nc(N[C@@H]4COCC[C@@H]4NC(=O)CCS)ncc3c2)c1Cl. The van der Waals surface area contributed by atoms with Crippen molar-refractivity contribution < 1.29 is 19.0 Å². The molecule has 1 amide bonds. The number of rotatable bonds is 8. The van der Waals surface area contributed by atoms with Crippen LogP contribution in [0.2, 0.25) is 10.0 Å². The zero-order valence-electron chi connectivity index (χ0n) is 19.3. The highest BCUT2D eigenvalue weighted by Crippen LogP contribution is 2.46. The molecule has 1 saturated heterocycles. The fourth-order valence-electron chi connectivity index (χ4n) is 4.00. The van der Waals surface area contributed by atoms with Gasteiger partial charge >= 0.3 is 0 Å². The molecule has 8 nitrogen and oxygen atoms in total. The van der Waals surface area contributed by atoms with Crippen molar-refractivity contribution in [2.24, 2.45) is 0 Å². The third kappa shape index (κ3) is 5.69. The van der Waals surface area contributed by atoms with Crippen LogP contribution in [0.5, 0.6) is 11.5 Å². The second-order valence-corrected chi connectivity index (χ2v) is 9.22. The number of aromatic nitrogens is 2. The molecule has 4 rings (SSSR count). The van der Waals surface area contributed by atoms with E-state index in [1.165, 1.54) is 14.2 Å². The van der Waals surface area contributed by atoms with E-state index >= 15 is 0 Å². The van der Waals surface area contributed by atoms with Gasteiger partial charge in [0.2, 0.25) is 11.9 Å². The first-order chi connectivity index (χ1) is 16.9. The Bertz CT molecular complexity index is 1200. The van der Waals surface area contributed by atoms with E-state index in [4.69, 9.17) is 37.4 Å². The number of fused-ring (bicyclic) bond motifs is 1. The quantitative estimate of drug-likeness (QED) is 0.361. The summed E-state index contributed by atoms with van der Waals surface area (Å²) in [5.41, 5.74) is 2.12. The summed E-state index contributed by atoms with van der Waals surface area (Å²) in [5.74, 6) is 1.85. The fraction of sp³-hybridized carbons (Fsp3) is 0.375. The van der Waals surface area contributed by atoms with E-state index < -0.39 is 0 Å². The first-order valence-electron chi connectivity index (χ1n) is 11.1. The predicted molar refractivity (Wildman–Crippen MR) is 141 cm³/mol.